The lowest BCUT2D eigenvalue weighted by Gasteiger charge is -2.13. The molecule has 3 aromatic carbocycles. The molecular weight excluding hydrogens is 606 g/mol. The molecule has 1 saturated heterocycles. The van der Waals surface area contributed by atoms with Crippen LogP contribution in [0.25, 0.3) is 6.08 Å². The molecule has 9 heteroatoms. The van der Waals surface area contributed by atoms with Crippen LogP contribution in [0.5, 0.6) is 11.5 Å². The van der Waals surface area contributed by atoms with Crippen LogP contribution in [0.1, 0.15) is 11.1 Å². The molecule has 0 saturated carbocycles. The largest absolute Gasteiger partial charge is 0.492 e. The molecule has 0 atom stereocenters. The highest BCUT2D eigenvalue weighted by molar-refractivity contribution is 9.11. The van der Waals surface area contributed by atoms with E-state index in [4.69, 9.17) is 21.1 Å². The second kappa shape index (κ2) is 11.4. The summed E-state index contributed by atoms with van der Waals surface area (Å²) in [6, 6.07) is 20.4. The number of thioether (sulfide) groups is 1. The van der Waals surface area contributed by atoms with Gasteiger partial charge in [-0.15, -0.1) is 0 Å². The Hall–Kier alpha value is -2.26. The molecule has 34 heavy (non-hydrogen) atoms. The Morgan fingerprint density at radius 2 is 1.62 bits per heavy atom. The third kappa shape index (κ3) is 6.24. The molecule has 1 aliphatic heterocycles. The Labute approximate surface area is 223 Å². The van der Waals surface area contributed by atoms with Gasteiger partial charge in [-0.05, 0) is 97.2 Å². The lowest BCUT2D eigenvalue weighted by Crippen LogP contribution is -2.32. The third-order valence-corrected chi connectivity index (χ3v) is 7.15. The molecular formula is C25H18Br2ClNO4S. The van der Waals surface area contributed by atoms with Gasteiger partial charge in [0.05, 0.1) is 20.4 Å². The lowest BCUT2D eigenvalue weighted by atomic mass is 10.2. The van der Waals surface area contributed by atoms with Crippen LogP contribution in [0, 0.1) is 0 Å². The van der Waals surface area contributed by atoms with Gasteiger partial charge in [0, 0.05) is 5.02 Å². The zero-order chi connectivity index (χ0) is 24.1. The van der Waals surface area contributed by atoms with E-state index in [1.54, 1.807) is 6.08 Å². The van der Waals surface area contributed by atoms with Gasteiger partial charge >= 0.3 is 0 Å². The highest BCUT2D eigenvalue weighted by atomic mass is 79.9. The number of imide groups is 1. The molecule has 0 spiro atoms. The number of ether oxygens (including phenoxy) is 2. The van der Waals surface area contributed by atoms with Crippen molar-refractivity contribution in [1.29, 1.82) is 0 Å². The molecule has 3 aromatic rings. The van der Waals surface area contributed by atoms with E-state index in [0.717, 1.165) is 31.8 Å². The van der Waals surface area contributed by atoms with E-state index in [1.807, 2.05) is 66.7 Å². The molecule has 0 aliphatic carbocycles. The Morgan fingerprint density at radius 1 is 0.941 bits per heavy atom. The van der Waals surface area contributed by atoms with Gasteiger partial charge < -0.3 is 9.47 Å². The van der Waals surface area contributed by atoms with Crippen molar-refractivity contribution in [3.05, 3.63) is 96.7 Å². The molecule has 1 aliphatic rings. The zero-order valence-corrected chi connectivity index (χ0v) is 22.4. The van der Waals surface area contributed by atoms with Crippen LogP contribution in [-0.4, -0.2) is 29.2 Å². The van der Waals surface area contributed by atoms with E-state index in [1.165, 1.54) is 4.90 Å². The van der Waals surface area contributed by atoms with Crippen molar-refractivity contribution in [2.45, 2.75) is 6.61 Å². The normalized spacial score (nSPS) is 14.7. The van der Waals surface area contributed by atoms with Gasteiger partial charge in [-0.2, -0.15) is 0 Å². The number of para-hydroxylation sites is 1. The molecule has 0 N–H and O–H groups in total. The number of hydrogen-bond acceptors (Lipinski definition) is 5. The van der Waals surface area contributed by atoms with E-state index in [-0.39, 0.29) is 24.3 Å². The number of carbonyl (C=O) groups excluding carboxylic acids is 2. The summed E-state index contributed by atoms with van der Waals surface area (Å²) in [5, 5.41) is 0.359. The Kier molecular flexibility index (Phi) is 8.37. The van der Waals surface area contributed by atoms with E-state index < -0.39 is 0 Å². The van der Waals surface area contributed by atoms with Crippen molar-refractivity contribution in [3.8, 4) is 11.5 Å². The van der Waals surface area contributed by atoms with Gasteiger partial charge in [0.1, 0.15) is 24.7 Å². The summed E-state index contributed by atoms with van der Waals surface area (Å²) in [5.74, 6) is 0.998. The van der Waals surface area contributed by atoms with Crippen LogP contribution in [-0.2, 0) is 11.4 Å². The van der Waals surface area contributed by atoms with Crippen LogP contribution in [0.3, 0.4) is 0 Å². The van der Waals surface area contributed by atoms with Crippen molar-refractivity contribution in [2.75, 3.05) is 13.2 Å². The molecule has 1 fully saturated rings. The standard InChI is InChI=1S/C25H18Br2ClNO4S/c26-20-12-17(13-21(27)23(20)33-15-16-6-8-18(28)9-7-16)14-22-24(30)29(25(31)34-22)10-11-32-19-4-2-1-3-5-19/h1-9,12-14H,10-11,15H2/b22-14-. The van der Waals surface area contributed by atoms with Crippen LogP contribution >= 0.6 is 55.2 Å². The molecule has 5 nitrogen and oxygen atoms in total. The minimum absolute atomic E-state index is 0.182. The van der Waals surface area contributed by atoms with Gasteiger partial charge in [0.25, 0.3) is 11.1 Å². The highest BCUT2D eigenvalue weighted by Gasteiger charge is 2.34. The molecule has 2 amide bonds. The quantitative estimate of drug-likeness (QED) is 0.243. The summed E-state index contributed by atoms with van der Waals surface area (Å²) in [7, 11) is 0. The first kappa shape index (κ1) is 24.9. The SMILES string of the molecule is O=C1S/C(=C\c2cc(Br)c(OCc3ccc(Cl)cc3)c(Br)c2)C(=O)N1CCOc1ccccc1. The molecule has 1 heterocycles. The lowest BCUT2D eigenvalue weighted by molar-refractivity contribution is -0.123. The van der Waals surface area contributed by atoms with Gasteiger partial charge in [0.2, 0.25) is 0 Å². The smallest absolute Gasteiger partial charge is 0.293 e. The van der Waals surface area contributed by atoms with Gasteiger partial charge in [-0.1, -0.05) is 41.9 Å². The summed E-state index contributed by atoms with van der Waals surface area (Å²) < 4.78 is 13.0. The highest BCUT2D eigenvalue weighted by Crippen LogP contribution is 2.38. The fourth-order valence-corrected chi connectivity index (χ4v) is 5.59. The predicted molar refractivity (Wildman–Crippen MR) is 142 cm³/mol. The summed E-state index contributed by atoms with van der Waals surface area (Å²) in [6.45, 7) is 0.783. The average molecular weight is 624 g/mol. The number of hydrogen-bond donors (Lipinski definition) is 0. The maximum Gasteiger partial charge on any atom is 0.293 e. The molecule has 0 bridgehead atoms. The van der Waals surface area contributed by atoms with Gasteiger partial charge in [-0.25, -0.2) is 0 Å². The summed E-state index contributed by atoms with van der Waals surface area (Å²) in [6.07, 6.45) is 1.70. The van der Waals surface area contributed by atoms with Crippen molar-refractivity contribution >= 4 is 72.4 Å². The summed E-state index contributed by atoms with van der Waals surface area (Å²) in [5.41, 5.74) is 1.74. The molecule has 4 rings (SSSR count). The zero-order valence-electron chi connectivity index (χ0n) is 17.7. The van der Waals surface area contributed by atoms with Crippen molar-refractivity contribution in [3.63, 3.8) is 0 Å². The number of benzene rings is 3. The van der Waals surface area contributed by atoms with Crippen LogP contribution in [0.2, 0.25) is 5.02 Å². The van der Waals surface area contributed by atoms with E-state index in [2.05, 4.69) is 31.9 Å². The Bertz CT molecular complexity index is 1210. The van der Waals surface area contributed by atoms with Crippen LogP contribution < -0.4 is 9.47 Å². The van der Waals surface area contributed by atoms with E-state index in [0.29, 0.717) is 28.0 Å². The minimum atomic E-state index is -0.332. The van der Waals surface area contributed by atoms with Crippen molar-refractivity contribution in [1.82, 2.24) is 4.90 Å². The number of amides is 2. The number of rotatable bonds is 8. The number of carbonyl (C=O) groups is 2. The fraction of sp³-hybridized carbons (Fsp3) is 0.120. The molecule has 174 valence electrons. The first-order valence-electron chi connectivity index (χ1n) is 10.2. The number of nitrogens with zero attached hydrogens (tertiary/aromatic N) is 1. The monoisotopic (exact) mass is 621 g/mol. The van der Waals surface area contributed by atoms with Crippen LogP contribution in [0.15, 0.2) is 80.6 Å². The predicted octanol–water partition coefficient (Wildman–Crippen LogP) is 7.56. The van der Waals surface area contributed by atoms with Crippen molar-refractivity contribution in [2.24, 2.45) is 0 Å². The minimum Gasteiger partial charge on any atom is -0.492 e. The molecule has 0 unspecified atom stereocenters. The fourth-order valence-electron chi connectivity index (χ4n) is 3.15. The first-order valence-corrected chi connectivity index (χ1v) is 13.0. The second-order valence-corrected chi connectivity index (χ2v) is 10.4. The molecule has 0 aromatic heterocycles. The second-order valence-electron chi connectivity index (χ2n) is 7.22. The Balaban J connectivity index is 1.41. The average Bonchev–Trinajstić information content (AvgIpc) is 3.07. The first-order chi connectivity index (χ1) is 16.4. The van der Waals surface area contributed by atoms with Gasteiger partial charge in [0.15, 0.2) is 0 Å². The summed E-state index contributed by atoms with van der Waals surface area (Å²) in [4.78, 5) is 26.7. The van der Waals surface area contributed by atoms with Gasteiger partial charge in [-0.3, -0.25) is 14.5 Å². The number of halogens is 3. The molecule has 0 radical (unpaired) electrons. The maximum absolute atomic E-state index is 12.8. The van der Waals surface area contributed by atoms with E-state index >= 15 is 0 Å². The topological polar surface area (TPSA) is 55.8 Å². The third-order valence-electron chi connectivity index (χ3n) is 4.82. The van der Waals surface area contributed by atoms with E-state index in [9.17, 15) is 9.59 Å². The summed E-state index contributed by atoms with van der Waals surface area (Å²) >= 11 is 13.9. The van der Waals surface area contributed by atoms with Crippen LogP contribution in [0.4, 0.5) is 4.79 Å². The Morgan fingerprint density at radius 3 is 2.29 bits per heavy atom. The maximum atomic E-state index is 12.8. The van der Waals surface area contributed by atoms with Crippen molar-refractivity contribution < 1.29 is 19.1 Å².